The molecule has 0 spiro atoms. The second kappa shape index (κ2) is 9.07. The number of ether oxygens (including phenoxy) is 3. The van der Waals surface area contributed by atoms with E-state index in [1.54, 1.807) is 24.0 Å². The number of hydrogen-bond acceptors (Lipinski definition) is 6. The van der Waals surface area contributed by atoms with Gasteiger partial charge in [-0.05, 0) is 36.8 Å². The summed E-state index contributed by atoms with van der Waals surface area (Å²) in [6.07, 6.45) is -1.97. The Morgan fingerprint density at radius 3 is 2.61 bits per heavy atom. The number of nitrogens with one attached hydrogen (secondary N) is 1. The molecule has 0 radical (unpaired) electrons. The first-order valence-corrected chi connectivity index (χ1v) is 8.06. The lowest BCUT2D eigenvalue weighted by Gasteiger charge is -2.10. The Morgan fingerprint density at radius 1 is 1.21 bits per heavy atom. The van der Waals surface area contributed by atoms with E-state index < -0.39 is 23.5 Å². The van der Waals surface area contributed by atoms with Gasteiger partial charge in [0.2, 0.25) is 0 Å². The first kappa shape index (κ1) is 21.0. The molecule has 0 atom stereocenters. The van der Waals surface area contributed by atoms with Crippen molar-refractivity contribution in [2.75, 3.05) is 20.3 Å². The zero-order valence-corrected chi connectivity index (χ0v) is 15.0. The van der Waals surface area contributed by atoms with Crippen molar-refractivity contribution in [2.24, 2.45) is 0 Å². The van der Waals surface area contributed by atoms with E-state index in [9.17, 15) is 22.8 Å². The molecule has 0 unspecified atom stereocenters. The zero-order valence-electron chi connectivity index (χ0n) is 15.0. The molecule has 10 heteroatoms. The number of halogens is 3. The lowest BCUT2D eigenvalue weighted by Crippen LogP contribution is -2.19. The molecule has 1 aromatic heterocycles. The van der Waals surface area contributed by atoms with E-state index in [4.69, 9.17) is 14.2 Å². The Kier molecular flexibility index (Phi) is 6.80. The van der Waals surface area contributed by atoms with Crippen LogP contribution in [0, 0.1) is 0 Å². The standard InChI is InChI=1S/C18H17F3N2O5/c1-3-27-16(24)10-28-13-7-5-11(8-14(13)26-2)4-6-12-9-15(18(19,20)21)23-17(25)22-12/h4-9H,3,10H2,1-2H3,(H,22,23,25)/b6-4+. The molecule has 0 saturated carbocycles. The maximum absolute atomic E-state index is 12.7. The first-order valence-electron chi connectivity index (χ1n) is 8.06. The molecule has 2 rings (SSSR count). The van der Waals surface area contributed by atoms with Gasteiger partial charge in [0.25, 0.3) is 0 Å². The average molecular weight is 398 g/mol. The van der Waals surface area contributed by atoms with E-state index in [0.717, 1.165) is 6.07 Å². The van der Waals surface area contributed by atoms with Gasteiger partial charge in [-0.15, -0.1) is 0 Å². The lowest BCUT2D eigenvalue weighted by molar-refractivity contribution is -0.145. The van der Waals surface area contributed by atoms with Crippen molar-refractivity contribution in [3.63, 3.8) is 0 Å². The van der Waals surface area contributed by atoms with Crippen LogP contribution in [0.25, 0.3) is 12.2 Å². The van der Waals surface area contributed by atoms with E-state index in [1.807, 2.05) is 0 Å². The Balaban J connectivity index is 2.19. The summed E-state index contributed by atoms with van der Waals surface area (Å²) in [6, 6.07) is 5.40. The van der Waals surface area contributed by atoms with Crippen LogP contribution in [0.3, 0.4) is 0 Å². The topological polar surface area (TPSA) is 90.5 Å². The highest BCUT2D eigenvalue weighted by atomic mass is 19.4. The van der Waals surface area contributed by atoms with Gasteiger partial charge in [0.05, 0.1) is 19.4 Å². The summed E-state index contributed by atoms with van der Waals surface area (Å²) < 4.78 is 53.5. The molecule has 0 bridgehead atoms. The molecule has 150 valence electrons. The molecule has 0 aliphatic heterocycles. The van der Waals surface area contributed by atoms with Crippen LogP contribution >= 0.6 is 0 Å². The minimum atomic E-state index is -4.69. The number of aromatic amines is 1. The van der Waals surface area contributed by atoms with Crippen molar-refractivity contribution in [1.82, 2.24) is 9.97 Å². The highest BCUT2D eigenvalue weighted by Gasteiger charge is 2.32. The molecule has 1 heterocycles. The maximum Gasteiger partial charge on any atom is 0.431 e. The second-order valence-corrected chi connectivity index (χ2v) is 5.36. The molecule has 1 N–H and O–H groups in total. The third-order valence-corrected chi connectivity index (χ3v) is 3.35. The number of alkyl halides is 3. The largest absolute Gasteiger partial charge is 0.493 e. The predicted molar refractivity (Wildman–Crippen MR) is 93.9 cm³/mol. The highest BCUT2D eigenvalue weighted by Crippen LogP contribution is 2.29. The van der Waals surface area contributed by atoms with Crippen LogP contribution < -0.4 is 15.2 Å². The Bertz CT molecular complexity index is 922. The van der Waals surface area contributed by atoms with Crippen LogP contribution in [0.1, 0.15) is 23.9 Å². The second-order valence-electron chi connectivity index (χ2n) is 5.36. The van der Waals surface area contributed by atoms with E-state index in [0.29, 0.717) is 17.1 Å². The van der Waals surface area contributed by atoms with Gasteiger partial charge in [-0.1, -0.05) is 12.1 Å². The van der Waals surface area contributed by atoms with Gasteiger partial charge in [0, 0.05) is 0 Å². The molecular formula is C18H17F3N2O5. The maximum atomic E-state index is 12.7. The normalized spacial score (nSPS) is 11.5. The van der Waals surface area contributed by atoms with Crippen molar-refractivity contribution in [3.05, 3.63) is 51.7 Å². The smallest absolute Gasteiger partial charge is 0.431 e. The lowest BCUT2D eigenvalue weighted by atomic mass is 10.1. The van der Waals surface area contributed by atoms with Crippen LogP contribution in [-0.4, -0.2) is 36.3 Å². The number of methoxy groups -OCH3 is 1. The summed E-state index contributed by atoms with van der Waals surface area (Å²) >= 11 is 0. The van der Waals surface area contributed by atoms with Gasteiger partial charge in [0.1, 0.15) is 5.69 Å². The van der Waals surface area contributed by atoms with E-state index in [2.05, 4.69) is 4.98 Å². The summed E-state index contributed by atoms with van der Waals surface area (Å²) in [4.78, 5) is 27.8. The van der Waals surface area contributed by atoms with Crippen molar-refractivity contribution in [2.45, 2.75) is 13.1 Å². The minimum absolute atomic E-state index is 0.155. The number of esters is 1. The van der Waals surface area contributed by atoms with Crippen molar-refractivity contribution in [3.8, 4) is 11.5 Å². The van der Waals surface area contributed by atoms with E-state index in [-0.39, 0.29) is 18.9 Å². The molecular weight excluding hydrogens is 381 g/mol. The van der Waals surface area contributed by atoms with Crippen molar-refractivity contribution in [1.29, 1.82) is 0 Å². The summed E-state index contributed by atoms with van der Waals surface area (Å²) in [5.74, 6) is 0.0667. The fourth-order valence-corrected chi connectivity index (χ4v) is 2.14. The first-order chi connectivity index (χ1) is 13.2. The molecule has 0 saturated heterocycles. The monoisotopic (exact) mass is 398 g/mol. The number of rotatable bonds is 7. The Hall–Kier alpha value is -3.30. The third-order valence-electron chi connectivity index (χ3n) is 3.35. The highest BCUT2D eigenvalue weighted by molar-refractivity contribution is 5.72. The fraction of sp³-hybridized carbons (Fsp3) is 0.278. The Morgan fingerprint density at radius 2 is 1.96 bits per heavy atom. The minimum Gasteiger partial charge on any atom is -0.493 e. The van der Waals surface area contributed by atoms with Gasteiger partial charge in [-0.3, -0.25) is 0 Å². The SMILES string of the molecule is CCOC(=O)COc1ccc(/C=C/c2cc(C(F)(F)F)[nH]c(=O)n2)cc1OC. The Labute approximate surface area is 157 Å². The summed E-state index contributed by atoms with van der Waals surface area (Å²) in [5.41, 5.74) is -1.89. The number of carbonyl (C=O) groups excluding carboxylic acids is 1. The van der Waals surface area contributed by atoms with Crippen molar-refractivity contribution < 1.29 is 32.2 Å². The van der Waals surface area contributed by atoms with Crippen molar-refractivity contribution >= 4 is 18.1 Å². The molecule has 0 amide bonds. The number of H-pyrrole nitrogens is 1. The van der Waals surface area contributed by atoms with Gasteiger partial charge in [-0.25, -0.2) is 9.59 Å². The van der Waals surface area contributed by atoms with Crippen LogP contribution in [-0.2, 0) is 15.7 Å². The predicted octanol–water partition coefficient (Wildman–Crippen LogP) is 2.91. The van der Waals surface area contributed by atoms with Gasteiger partial charge >= 0.3 is 17.8 Å². The number of benzene rings is 1. The van der Waals surface area contributed by atoms with E-state index >= 15 is 0 Å². The fourth-order valence-electron chi connectivity index (χ4n) is 2.14. The molecule has 0 aliphatic rings. The van der Waals surface area contributed by atoms with E-state index in [1.165, 1.54) is 25.3 Å². The summed E-state index contributed by atoms with van der Waals surface area (Å²) in [6.45, 7) is 1.61. The average Bonchev–Trinajstić information content (AvgIpc) is 2.64. The van der Waals surface area contributed by atoms with Gasteiger partial charge in [-0.2, -0.15) is 18.2 Å². The number of nitrogens with zero attached hydrogens (tertiary/aromatic N) is 1. The van der Waals surface area contributed by atoms with Crippen LogP contribution in [0.4, 0.5) is 13.2 Å². The number of aromatic nitrogens is 2. The molecule has 2 aromatic rings. The molecule has 28 heavy (non-hydrogen) atoms. The van der Waals surface area contributed by atoms with Gasteiger partial charge in [0.15, 0.2) is 18.1 Å². The van der Waals surface area contributed by atoms with Crippen LogP contribution in [0.5, 0.6) is 11.5 Å². The zero-order chi connectivity index (χ0) is 20.7. The molecule has 7 nitrogen and oxygen atoms in total. The van der Waals surface area contributed by atoms with Crippen LogP contribution in [0.15, 0.2) is 29.1 Å². The third kappa shape index (κ3) is 5.86. The molecule has 1 aromatic carbocycles. The number of carbonyl (C=O) groups is 1. The van der Waals surface area contributed by atoms with Crippen LogP contribution in [0.2, 0.25) is 0 Å². The molecule has 0 fully saturated rings. The van der Waals surface area contributed by atoms with Gasteiger partial charge < -0.3 is 19.2 Å². The summed E-state index contributed by atoms with van der Waals surface area (Å²) in [5, 5.41) is 0. The summed E-state index contributed by atoms with van der Waals surface area (Å²) in [7, 11) is 1.40. The quantitative estimate of drug-likeness (QED) is 0.722. The molecule has 0 aliphatic carbocycles. The number of hydrogen-bond donors (Lipinski definition) is 1.